The second-order valence-electron chi connectivity index (χ2n) is 4.19. The van der Waals surface area contributed by atoms with E-state index in [4.69, 9.17) is 0 Å². The van der Waals surface area contributed by atoms with Gasteiger partial charge in [0, 0.05) is 20.1 Å². The molecule has 3 nitrogen and oxygen atoms in total. The van der Waals surface area contributed by atoms with Gasteiger partial charge in [0.1, 0.15) is 5.82 Å². The number of halogens is 1. The van der Waals surface area contributed by atoms with Crippen molar-refractivity contribution in [2.75, 3.05) is 13.6 Å². The Labute approximate surface area is 109 Å². The van der Waals surface area contributed by atoms with Crippen LogP contribution in [0.4, 0.5) is 4.39 Å². The number of hydrogen-bond acceptors (Lipinski definition) is 1. The topological polar surface area (TPSA) is 36.4 Å². The summed E-state index contributed by atoms with van der Waals surface area (Å²) in [6.07, 6.45) is 3.56. The first-order valence-corrected chi connectivity index (χ1v) is 6.45. The quantitative estimate of drug-likeness (QED) is 0.463. The Morgan fingerprint density at radius 1 is 1.28 bits per heavy atom. The SMILES string of the molecule is CCCCCNC(=NC)NCc1cccc(F)c1. The lowest BCUT2D eigenvalue weighted by atomic mass is 10.2. The van der Waals surface area contributed by atoms with E-state index in [0.29, 0.717) is 6.54 Å². The minimum absolute atomic E-state index is 0.208. The van der Waals surface area contributed by atoms with Crippen LogP contribution in [-0.2, 0) is 6.54 Å². The van der Waals surface area contributed by atoms with Crippen LogP contribution in [0.15, 0.2) is 29.3 Å². The summed E-state index contributed by atoms with van der Waals surface area (Å²) in [7, 11) is 1.74. The van der Waals surface area contributed by atoms with Crippen molar-refractivity contribution in [2.24, 2.45) is 4.99 Å². The van der Waals surface area contributed by atoms with Crippen LogP contribution < -0.4 is 10.6 Å². The van der Waals surface area contributed by atoms with Crippen LogP contribution in [0.25, 0.3) is 0 Å². The first-order chi connectivity index (χ1) is 8.76. The van der Waals surface area contributed by atoms with Gasteiger partial charge in [0.25, 0.3) is 0 Å². The summed E-state index contributed by atoms with van der Waals surface area (Å²) in [4.78, 5) is 4.12. The minimum Gasteiger partial charge on any atom is -0.356 e. The summed E-state index contributed by atoms with van der Waals surface area (Å²) in [6, 6.07) is 6.57. The van der Waals surface area contributed by atoms with Gasteiger partial charge in [-0.3, -0.25) is 4.99 Å². The summed E-state index contributed by atoms with van der Waals surface area (Å²) >= 11 is 0. The average molecular weight is 251 g/mol. The molecule has 0 spiro atoms. The molecule has 0 aliphatic heterocycles. The molecule has 0 atom stereocenters. The Bertz CT molecular complexity index is 377. The predicted octanol–water partition coefficient (Wildman–Crippen LogP) is 2.68. The Hall–Kier alpha value is -1.58. The number of unbranched alkanes of at least 4 members (excludes halogenated alkanes) is 2. The highest BCUT2D eigenvalue weighted by molar-refractivity contribution is 5.79. The van der Waals surface area contributed by atoms with E-state index in [0.717, 1.165) is 24.5 Å². The molecule has 0 bridgehead atoms. The molecule has 100 valence electrons. The van der Waals surface area contributed by atoms with Crippen molar-refractivity contribution < 1.29 is 4.39 Å². The van der Waals surface area contributed by atoms with Gasteiger partial charge >= 0.3 is 0 Å². The Kier molecular flexibility index (Phi) is 6.84. The van der Waals surface area contributed by atoms with Gasteiger partial charge < -0.3 is 10.6 Å². The Morgan fingerprint density at radius 2 is 2.11 bits per heavy atom. The molecule has 0 radical (unpaired) electrons. The molecule has 0 saturated carbocycles. The molecular formula is C14H22FN3. The number of aliphatic imine (C=N–C) groups is 1. The summed E-state index contributed by atoms with van der Waals surface area (Å²) in [6.45, 7) is 3.67. The lowest BCUT2D eigenvalue weighted by Gasteiger charge is -2.11. The third-order valence-electron chi connectivity index (χ3n) is 2.65. The monoisotopic (exact) mass is 251 g/mol. The lowest BCUT2D eigenvalue weighted by molar-refractivity contribution is 0.624. The largest absolute Gasteiger partial charge is 0.356 e. The maximum atomic E-state index is 13.0. The molecule has 0 saturated heterocycles. The van der Waals surface area contributed by atoms with Crippen LogP contribution in [0, 0.1) is 5.82 Å². The third-order valence-corrected chi connectivity index (χ3v) is 2.65. The molecular weight excluding hydrogens is 229 g/mol. The molecule has 1 aromatic carbocycles. The molecule has 0 fully saturated rings. The summed E-state index contributed by atoms with van der Waals surface area (Å²) in [5, 5.41) is 6.40. The molecule has 1 rings (SSSR count). The standard InChI is InChI=1S/C14H22FN3/c1-3-4-5-9-17-14(16-2)18-11-12-7-6-8-13(15)10-12/h6-8,10H,3-5,9,11H2,1-2H3,(H2,16,17,18). The van der Waals surface area contributed by atoms with E-state index in [2.05, 4.69) is 22.5 Å². The normalized spacial score (nSPS) is 11.4. The molecule has 0 unspecified atom stereocenters. The Balaban J connectivity index is 2.31. The van der Waals surface area contributed by atoms with Crippen molar-refractivity contribution in [2.45, 2.75) is 32.7 Å². The van der Waals surface area contributed by atoms with Crippen molar-refractivity contribution in [3.05, 3.63) is 35.6 Å². The minimum atomic E-state index is -0.208. The van der Waals surface area contributed by atoms with Crippen LogP contribution in [0.1, 0.15) is 31.7 Å². The second-order valence-corrected chi connectivity index (χ2v) is 4.19. The fourth-order valence-corrected chi connectivity index (χ4v) is 1.64. The van der Waals surface area contributed by atoms with Crippen molar-refractivity contribution >= 4 is 5.96 Å². The van der Waals surface area contributed by atoms with E-state index in [1.807, 2.05) is 6.07 Å². The van der Waals surface area contributed by atoms with Gasteiger partial charge in [-0.1, -0.05) is 31.9 Å². The number of rotatable bonds is 6. The predicted molar refractivity (Wildman–Crippen MR) is 74.1 cm³/mol. The van der Waals surface area contributed by atoms with Crippen LogP contribution >= 0.6 is 0 Å². The number of nitrogens with zero attached hydrogens (tertiary/aromatic N) is 1. The van der Waals surface area contributed by atoms with E-state index in [1.165, 1.54) is 25.0 Å². The van der Waals surface area contributed by atoms with Crippen molar-refractivity contribution in [3.8, 4) is 0 Å². The van der Waals surface area contributed by atoms with Gasteiger partial charge in [0.15, 0.2) is 5.96 Å². The molecule has 4 heteroatoms. The van der Waals surface area contributed by atoms with E-state index >= 15 is 0 Å². The molecule has 0 aliphatic rings. The molecule has 0 aromatic heterocycles. The number of hydrogen-bond donors (Lipinski definition) is 2. The highest BCUT2D eigenvalue weighted by atomic mass is 19.1. The Morgan fingerprint density at radius 3 is 2.78 bits per heavy atom. The fraction of sp³-hybridized carbons (Fsp3) is 0.500. The summed E-state index contributed by atoms with van der Waals surface area (Å²) in [5.74, 6) is 0.551. The van der Waals surface area contributed by atoms with Gasteiger partial charge in [-0.2, -0.15) is 0 Å². The first-order valence-electron chi connectivity index (χ1n) is 6.45. The van der Waals surface area contributed by atoms with E-state index in [9.17, 15) is 4.39 Å². The maximum Gasteiger partial charge on any atom is 0.191 e. The molecule has 0 aliphatic carbocycles. The van der Waals surface area contributed by atoms with Gasteiger partial charge in [-0.25, -0.2) is 4.39 Å². The van der Waals surface area contributed by atoms with Crippen molar-refractivity contribution in [1.82, 2.24) is 10.6 Å². The molecule has 0 heterocycles. The summed E-state index contributed by atoms with van der Waals surface area (Å²) in [5.41, 5.74) is 0.909. The van der Waals surface area contributed by atoms with Gasteiger partial charge in [0.2, 0.25) is 0 Å². The van der Waals surface area contributed by atoms with Gasteiger partial charge in [-0.05, 0) is 24.1 Å². The maximum absolute atomic E-state index is 13.0. The van der Waals surface area contributed by atoms with Crippen LogP contribution in [0.3, 0.4) is 0 Å². The van der Waals surface area contributed by atoms with Crippen molar-refractivity contribution in [3.63, 3.8) is 0 Å². The number of nitrogens with one attached hydrogen (secondary N) is 2. The van der Waals surface area contributed by atoms with Gasteiger partial charge in [-0.15, -0.1) is 0 Å². The fourth-order valence-electron chi connectivity index (χ4n) is 1.64. The smallest absolute Gasteiger partial charge is 0.191 e. The molecule has 1 aromatic rings. The summed E-state index contributed by atoms with van der Waals surface area (Å²) < 4.78 is 13.0. The second kappa shape index (κ2) is 8.50. The zero-order valence-corrected chi connectivity index (χ0v) is 11.2. The first kappa shape index (κ1) is 14.5. The van der Waals surface area contributed by atoms with Crippen LogP contribution in [0.5, 0.6) is 0 Å². The van der Waals surface area contributed by atoms with E-state index < -0.39 is 0 Å². The molecule has 18 heavy (non-hydrogen) atoms. The van der Waals surface area contributed by atoms with E-state index in [1.54, 1.807) is 13.1 Å². The van der Waals surface area contributed by atoms with E-state index in [-0.39, 0.29) is 5.82 Å². The average Bonchev–Trinajstić information content (AvgIpc) is 2.38. The van der Waals surface area contributed by atoms with Gasteiger partial charge in [0.05, 0.1) is 0 Å². The number of benzene rings is 1. The zero-order chi connectivity index (χ0) is 13.2. The zero-order valence-electron chi connectivity index (χ0n) is 11.2. The van der Waals surface area contributed by atoms with Crippen LogP contribution in [0.2, 0.25) is 0 Å². The molecule has 2 N–H and O–H groups in total. The highest BCUT2D eigenvalue weighted by Crippen LogP contribution is 2.02. The van der Waals surface area contributed by atoms with Crippen molar-refractivity contribution in [1.29, 1.82) is 0 Å². The number of guanidine groups is 1. The third kappa shape index (κ3) is 5.66. The lowest BCUT2D eigenvalue weighted by Crippen LogP contribution is -2.37. The highest BCUT2D eigenvalue weighted by Gasteiger charge is 1.98. The molecule has 0 amide bonds. The van der Waals surface area contributed by atoms with Crippen LogP contribution in [-0.4, -0.2) is 19.6 Å².